The smallest absolute Gasteiger partial charge is 0 e. The van der Waals surface area contributed by atoms with Crippen LogP contribution in [0.3, 0.4) is 0 Å². The summed E-state index contributed by atoms with van der Waals surface area (Å²) in [6.45, 7) is 36.3. The van der Waals surface area contributed by atoms with Crippen molar-refractivity contribution in [2.45, 2.75) is 45.4 Å². The predicted molar refractivity (Wildman–Crippen MR) is 106 cm³/mol. The molecule has 0 N–H and O–H groups in total. The minimum Gasteiger partial charge on any atom is 0 e. The Hall–Kier alpha value is -1.63. The van der Waals surface area contributed by atoms with Crippen molar-refractivity contribution in [1.82, 2.24) is 0 Å². The average molecular weight is 562 g/mol. The molecule has 8 nitrogen and oxygen atoms in total. The summed E-state index contributed by atoms with van der Waals surface area (Å²) in [7, 11) is 0.321. The van der Waals surface area contributed by atoms with E-state index in [1.165, 1.54) is 5.56 Å². The average Bonchev–Trinajstić information content (AvgIpc) is 2.85. The molecule has 0 bridgehead atoms. The third kappa shape index (κ3) is 44.8. The van der Waals surface area contributed by atoms with Crippen molar-refractivity contribution in [3.8, 4) is 11.5 Å². The van der Waals surface area contributed by atoms with Crippen molar-refractivity contribution >= 4 is 8.07 Å². The van der Waals surface area contributed by atoms with Gasteiger partial charge in [0.2, 0.25) is 0 Å². The second kappa shape index (κ2) is 48.0. The molecule has 0 aliphatic carbocycles. The Labute approximate surface area is 218 Å². The van der Waals surface area contributed by atoms with Crippen LogP contribution in [-0.2, 0) is 77.6 Å². The van der Waals surface area contributed by atoms with Crippen LogP contribution < -0.4 is 0 Å². The van der Waals surface area contributed by atoms with E-state index in [1.54, 1.807) is 7.11 Å². The molecule has 0 heterocycles. The Balaban J connectivity index is -0.0000000646. The molecule has 2 atom stereocenters. The zero-order chi connectivity index (χ0) is 26.3. The fraction of sp³-hybridized carbons (Fsp3) is 0.364. The predicted octanol–water partition coefficient (Wildman–Crippen LogP) is 3.26. The molecule has 11 heteroatoms. The van der Waals surface area contributed by atoms with Crippen LogP contribution in [0.25, 0.3) is 0 Å². The quantitative estimate of drug-likeness (QED) is 0.236. The fourth-order valence-corrected chi connectivity index (χ4v) is 2.12. The van der Waals surface area contributed by atoms with Crippen LogP contribution in [0.2, 0.25) is 19.6 Å². The van der Waals surface area contributed by atoms with Crippen molar-refractivity contribution in [3.05, 3.63) is 75.8 Å². The molecule has 1 aromatic rings. The van der Waals surface area contributed by atoms with Gasteiger partial charge < -0.3 is 9.47 Å². The third-order valence-electron chi connectivity index (χ3n) is 2.63. The molecule has 0 amide bonds. The van der Waals surface area contributed by atoms with E-state index in [0.717, 1.165) is 0 Å². The number of hydrogen-bond donors (Lipinski definition) is 0. The molecule has 1 rings (SSSR count). The second-order valence-electron chi connectivity index (χ2n) is 5.68. The molecule has 0 aliphatic heterocycles. The maximum absolute atomic E-state index is 7.50. The number of hydrogen-bond acceptors (Lipinski definition) is 2. The molecule has 0 saturated heterocycles. The Bertz CT molecular complexity index is 635. The van der Waals surface area contributed by atoms with Crippen LogP contribution in [-0.4, -0.2) is 27.4 Å². The van der Waals surface area contributed by atoms with Crippen molar-refractivity contribution < 1.29 is 70.9 Å². The van der Waals surface area contributed by atoms with Gasteiger partial charge in [-0.1, -0.05) is 55.9 Å². The van der Waals surface area contributed by atoms with Crippen molar-refractivity contribution in [2.24, 2.45) is 0 Å². The first-order valence-corrected chi connectivity index (χ1v) is 11.4. The molecule has 0 saturated carbocycles. The zero-order valence-electron chi connectivity index (χ0n) is 18.7. The van der Waals surface area contributed by atoms with Gasteiger partial charge in [0.15, 0.2) is 0 Å². The monoisotopic (exact) mass is 562 g/mol. The van der Waals surface area contributed by atoms with E-state index in [0.29, 0.717) is 6.61 Å². The summed E-state index contributed by atoms with van der Waals surface area (Å²) in [6, 6.07) is 10.2. The Kier molecular flexibility index (Phi) is 77.0. The van der Waals surface area contributed by atoms with Gasteiger partial charge in [-0.05, 0) is 12.5 Å². The molecular weight excluding hydrogens is 538 g/mol. The molecule has 0 fully saturated rings. The van der Waals surface area contributed by atoms with Crippen LogP contribution in [0.4, 0.5) is 0 Å². The largest absolute Gasteiger partial charge is 0 e. The summed E-state index contributed by atoms with van der Waals surface area (Å²) in [5, 5.41) is 0. The first kappa shape index (κ1) is 53.0. The van der Waals surface area contributed by atoms with Gasteiger partial charge in [0.1, 0.15) is 14.2 Å². The first-order chi connectivity index (χ1) is 14.9. The summed E-state index contributed by atoms with van der Waals surface area (Å²) in [5.41, 5.74) is 4.50. The molecule has 0 aliphatic rings. The number of methoxy groups -OCH3 is 1. The Morgan fingerprint density at radius 2 is 1.15 bits per heavy atom. The summed E-state index contributed by atoms with van der Waals surface area (Å²) >= 11 is 0. The minimum atomic E-state index is -1.37. The number of benzene rings is 1. The summed E-state index contributed by atoms with van der Waals surface area (Å²) in [5.74, 6) is 3.21. The van der Waals surface area contributed by atoms with Gasteiger partial charge in [-0.2, -0.15) is 0 Å². The van der Waals surface area contributed by atoms with Crippen LogP contribution in [0.5, 0.6) is 0 Å². The zero-order valence-corrected chi connectivity index (χ0v) is 21.8. The maximum atomic E-state index is 7.50. The summed E-state index contributed by atoms with van der Waals surface area (Å²) < 4.78 is 56.3. The standard InChI is InChI=1S/C16H24O2Si.6CO.2Co/c1-14(16(17-2)11-12-19(3,4)5)18-13-15-9-7-6-8-10-15;6*1-2;;/h6-10,14,16H,13H2,1-5H3;;;;;;;;/t14-,16?;;;;;;;;/m1......../s1. The molecule has 2 radical (unpaired) electrons. The van der Waals surface area contributed by atoms with E-state index >= 15 is 0 Å². The SMILES string of the molecule is COC(C#C[Si](C)(C)C)[C@@H](C)OCc1ccccc1.[C-]#[O+].[C-]#[O+].[C-]#[O+].[C-]#[O+].[C-]#[O+].[C-]#[O+].[Co].[Co]. The molecular formula is C22H24Co2O8Si. The number of rotatable bonds is 5. The van der Waals surface area contributed by atoms with E-state index in [9.17, 15) is 0 Å². The van der Waals surface area contributed by atoms with Gasteiger partial charge in [0.25, 0.3) is 0 Å². The molecule has 0 spiro atoms. The first-order valence-electron chi connectivity index (χ1n) is 7.86. The molecule has 1 unspecified atom stereocenters. The van der Waals surface area contributed by atoms with Crippen molar-refractivity contribution in [3.63, 3.8) is 0 Å². The van der Waals surface area contributed by atoms with E-state index in [1.807, 2.05) is 25.1 Å². The van der Waals surface area contributed by atoms with Gasteiger partial charge >= 0.3 is 67.8 Å². The summed E-state index contributed by atoms with van der Waals surface area (Å²) in [4.78, 5) is 0. The van der Waals surface area contributed by atoms with E-state index in [-0.39, 0.29) is 45.8 Å². The van der Waals surface area contributed by atoms with Crippen LogP contribution >= 0.6 is 0 Å². The maximum Gasteiger partial charge on any atom is 0 e. The molecule has 33 heavy (non-hydrogen) atoms. The normalized spacial score (nSPS) is 8.64. The van der Waals surface area contributed by atoms with Gasteiger partial charge in [-0.15, -0.1) is 5.54 Å². The Morgan fingerprint density at radius 1 is 0.788 bits per heavy atom. The van der Waals surface area contributed by atoms with E-state index < -0.39 is 8.07 Å². The van der Waals surface area contributed by atoms with Gasteiger partial charge in [0, 0.05) is 40.7 Å². The third-order valence-corrected chi connectivity index (χ3v) is 3.52. The van der Waals surface area contributed by atoms with Gasteiger partial charge in [0.05, 0.1) is 12.7 Å². The van der Waals surface area contributed by atoms with E-state index in [2.05, 4.69) is 83.1 Å². The van der Waals surface area contributed by atoms with Gasteiger partial charge in [-0.25, -0.2) is 0 Å². The van der Waals surface area contributed by atoms with Crippen molar-refractivity contribution in [2.75, 3.05) is 7.11 Å². The topological polar surface area (TPSA) is 138 Å². The van der Waals surface area contributed by atoms with Crippen molar-refractivity contribution in [1.29, 1.82) is 0 Å². The minimum absolute atomic E-state index is 0. The second-order valence-corrected chi connectivity index (χ2v) is 10.4. The van der Waals surface area contributed by atoms with Crippen LogP contribution in [0.15, 0.2) is 30.3 Å². The fourth-order valence-electron chi connectivity index (χ4n) is 1.54. The number of ether oxygens (including phenoxy) is 2. The van der Waals surface area contributed by atoms with Crippen LogP contribution in [0.1, 0.15) is 12.5 Å². The molecule has 182 valence electrons. The van der Waals surface area contributed by atoms with Crippen LogP contribution in [0, 0.1) is 51.4 Å². The molecule has 0 aromatic heterocycles. The van der Waals surface area contributed by atoms with E-state index in [4.69, 9.17) is 37.4 Å². The van der Waals surface area contributed by atoms with Gasteiger partial charge in [-0.3, -0.25) is 0 Å². The summed E-state index contributed by atoms with van der Waals surface area (Å²) in [6.07, 6.45) is -0.190. The Morgan fingerprint density at radius 3 is 1.45 bits per heavy atom. The molecule has 1 aromatic carbocycles.